The van der Waals surface area contributed by atoms with Crippen LogP contribution in [0.1, 0.15) is 50.0 Å². The molecule has 2 heteroatoms. The van der Waals surface area contributed by atoms with E-state index in [1.807, 2.05) is 31.2 Å². The van der Waals surface area contributed by atoms with E-state index in [0.717, 1.165) is 35.8 Å². The van der Waals surface area contributed by atoms with Crippen molar-refractivity contribution in [3.8, 4) is 0 Å². The van der Waals surface area contributed by atoms with Crippen molar-refractivity contribution in [3.05, 3.63) is 35.6 Å². The molecule has 0 spiro atoms. The van der Waals surface area contributed by atoms with Crippen molar-refractivity contribution in [2.75, 3.05) is 0 Å². The number of aryl methyl sites for hydroxylation is 1. The summed E-state index contributed by atoms with van der Waals surface area (Å²) in [5.74, 6) is 0.699. The van der Waals surface area contributed by atoms with Crippen molar-refractivity contribution in [2.45, 2.75) is 45.6 Å². The van der Waals surface area contributed by atoms with Gasteiger partial charge in [-0.3, -0.25) is 0 Å². The zero-order valence-electron chi connectivity index (χ0n) is 10.6. The predicted octanol–water partition coefficient (Wildman–Crippen LogP) is 4.35. The van der Waals surface area contributed by atoms with E-state index in [1.165, 1.54) is 6.42 Å². The summed E-state index contributed by atoms with van der Waals surface area (Å²) in [5.41, 5.74) is 2.02. The fraction of sp³-hybridized carbons (Fsp3) is 0.467. The molecular formula is C15H20O2. The molecule has 1 N–H and O–H groups in total. The summed E-state index contributed by atoms with van der Waals surface area (Å²) < 4.78 is 5.74. The highest BCUT2D eigenvalue weighted by Gasteiger charge is 2.13. The van der Waals surface area contributed by atoms with Gasteiger partial charge in [-0.05, 0) is 25.0 Å². The number of aliphatic hydroxyl groups is 1. The summed E-state index contributed by atoms with van der Waals surface area (Å²) in [6.07, 6.45) is 3.70. The second kappa shape index (κ2) is 5.37. The van der Waals surface area contributed by atoms with Crippen LogP contribution < -0.4 is 0 Å². The standard InChI is InChI=1S/C15H20O2/c1-3-4-5-9-13(16)14-10-12-8-6-7-11(2)15(12)17-14/h6-8,10,13,16H,3-5,9H2,1-2H3. The Bertz CT molecular complexity index is 485. The first-order valence-electron chi connectivity index (χ1n) is 6.39. The third kappa shape index (κ3) is 2.70. The lowest BCUT2D eigenvalue weighted by atomic mass is 10.1. The summed E-state index contributed by atoms with van der Waals surface area (Å²) in [6.45, 7) is 4.19. The Kier molecular flexibility index (Phi) is 3.85. The Balaban J connectivity index is 2.16. The fourth-order valence-electron chi connectivity index (χ4n) is 2.12. The van der Waals surface area contributed by atoms with E-state index in [0.29, 0.717) is 5.76 Å². The van der Waals surface area contributed by atoms with Crippen LogP contribution in [0.5, 0.6) is 0 Å². The second-order valence-corrected chi connectivity index (χ2v) is 4.65. The smallest absolute Gasteiger partial charge is 0.137 e. The van der Waals surface area contributed by atoms with Crippen molar-refractivity contribution in [1.82, 2.24) is 0 Å². The molecule has 1 aromatic carbocycles. The van der Waals surface area contributed by atoms with Crippen LogP contribution in [-0.4, -0.2) is 5.11 Å². The summed E-state index contributed by atoms with van der Waals surface area (Å²) in [4.78, 5) is 0. The molecular weight excluding hydrogens is 212 g/mol. The lowest BCUT2D eigenvalue weighted by Gasteiger charge is -2.06. The molecule has 0 fully saturated rings. The SMILES string of the molecule is CCCCCC(O)c1cc2cccc(C)c2o1. The van der Waals surface area contributed by atoms with E-state index < -0.39 is 6.10 Å². The third-order valence-electron chi connectivity index (χ3n) is 3.17. The predicted molar refractivity (Wildman–Crippen MR) is 70.1 cm³/mol. The summed E-state index contributed by atoms with van der Waals surface area (Å²) >= 11 is 0. The number of hydrogen-bond acceptors (Lipinski definition) is 2. The van der Waals surface area contributed by atoms with Gasteiger partial charge in [0, 0.05) is 5.39 Å². The normalized spacial score (nSPS) is 13.1. The number of fused-ring (bicyclic) bond motifs is 1. The lowest BCUT2D eigenvalue weighted by Crippen LogP contribution is -1.94. The van der Waals surface area contributed by atoms with Crippen LogP contribution in [0.2, 0.25) is 0 Å². The molecule has 92 valence electrons. The average Bonchev–Trinajstić information content (AvgIpc) is 2.75. The number of aliphatic hydroxyl groups excluding tert-OH is 1. The van der Waals surface area contributed by atoms with Gasteiger partial charge in [-0.15, -0.1) is 0 Å². The van der Waals surface area contributed by atoms with Gasteiger partial charge >= 0.3 is 0 Å². The molecule has 0 radical (unpaired) electrons. The van der Waals surface area contributed by atoms with Gasteiger partial charge in [-0.2, -0.15) is 0 Å². The van der Waals surface area contributed by atoms with Gasteiger partial charge in [0.2, 0.25) is 0 Å². The number of furan rings is 1. The summed E-state index contributed by atoms with van der Waals surface area (Å²) in [7, 11) is 0. The Morgan fingerprint density at radius 2 is 2.12 bits per heavy atom. The van der Waals surface area contributed by atoms with Crippen LogP contribution in [0.25, 0.3) is 11.0 Å². The maximum Gasteiger partial charge on any atom is 0.137 e. The minimum atomic E-state index is -0.464. The van der Waals surface area contributed by atoms with Crippen LogP contribution >= 0.6 is 0 Å². The highest BCUT2D eigenvalue weighted by Crippen LogP contribution is 2.28. The molecule has 1 unspecified atom stereocenters. The van der Waals surface area contributed by atoms with Gasteiger partial charge in [-0.25, -0.2) is 0 Å². The Labute approximate surface area is 102 Å². The molecule has 2 rings (SSSR count). The first-order valence-corrected chi connectivity index (χ1v) is 6.39. The van der Waals surface area contributed by atoms with Crippen molar-refractivity contribution in [2.24, 2.45) is 0 Å². The van der Waals surface area contributed by atoms with Gasteiger partial charge in [0.15, 0.2) is 0 Å². The Hall–Kier alpha value is -1.28. The highest BCUT2D eigenvalue weighted by atomic mass is 16.4. The number of benzene rings is 1. The van der Waals surface area contributed by atoms with Crippen LogP contribution in [0.4, 0.5) is 0 Å². The fourth-order valence-corrected chi connectivity index (χ4v) is 2.12. The topological polar surface area (TPSA) is 33.4 Å². The van der Waals surface area contributed by atoms with E-state index in [4.69, 9.17) is 4.42 Å². The zero-order chi connectivity index (χ0) is 12.3. The molecule has 2 nitrogen and oxygen atoms in total. The van der Waals surface area contributed by atoms with Crippen LogP contribution in [0.3, 0.4) is 0 Å². The van der Waals surface area contributed by atoms with E-state index in [-0.39, 0.29) is 0 Å². The van der Waals surface area contributed by atoms with Gasteiger partial charge in [0.05, 0.1) is 0 Å². The second-order valence-electron chi connectivity index (χ2n) is 4.65. The highest BCUT2D eigenvalue weighted by molar-refractivity contribution is 5.80. The zero-order valence-corrected chi connectivity index (χ0v) is 10.6. The number of para-hydroxylation sites is 1. The van der Waals surface area contributed by atoms with Crippen molar-refractivity contribution < 1.29 is 9.52 Å². The lowest BCUT2D eigenvalue weighted by molar-refractivity contribution is 0.139. The minimum absolute atomic E-state index is 0.464. The quantitative estimate of drug-likeness (QED) is 0.777. The number of hydrogen-bond donors (Lipinski definition) is 1. The van der Waals surface area contributed by atoms with E-state index in [2.05, 4.69) is 6.92 Å². The van der Waals surface area contributed by atoms with Gasteiger partial charge in [0.25, 0.3) is 0 Å². The van der Waals surface area contributed by atoms with E-state index >= 15 is 0 Å². The van der Waals surface area contributed by atoms with Crippen molar-refractivity contribution >= 4 is 11.0 Å². The maximum absolute atomic E-state index is 10.0. The van der Waals surface area contributed by atoms with Crippen molar-refractivity contribution in [3.63, 3.8) is 0 Å². The largest absolute Gasteiger partial charge is 0.458 e. The van der Waals surface area contributed by atoms with Gasteiger partial charge < -0.3 is 9.52 Å². The monoisotopic (exact) mass is 232 g/mol. The van der Waals surface area contributed by atoms with Crippen molar-refractivity contribution in [1.29, 1.82) is 0 Å². The minimum Gasteiger partial charge on any atom is -0.458 e. The van der Waals surface area contributed by atoms with Crippen LogP contribution in [-0.2, 0) is 0 Å². The van der Waals surface area contributed by atoms with E-state index in [1.54, 1.807) is 0 Å². The molecule has 1 aromatic heterocycles. The molecule has 1 atom stereocenters. The maximum atomic E-state index is 10.0. The van der Waals surface area contributed by atoms with Gasteiger partial charge in [0.1, 0.15) is 17.4 Å². The molecule has 0 saturated carbocycles. The molecule has 0 aliphatic rings. The van der Waals surface area contributed by atoms with Crippen LogP contribution in [0.15, 0.2) is 28.7 Å². The molecule has 0 aliphatic carbocycles. The Morgan fingerprint density at radius 3 is 2.82 bits per heavy atom. The Morgan fingerprint density at radius 1 is 1.29 bits per heavy atom. The number of rotatable bonds is 5. The molecule has 0 saturated heterocycles. The summed E-state index contributed by atoms with van der Waals surface area (Å²) in [6, 6.07) is 8.02. The first-order chi connectivity index (χ1) is 8.22. The average molecular weight is 232 g/mol. The molecule has 2 aromatic rings. The molecule has 1 heterocycles. The number of unbranched alkanes of at least 4 members (excludes halogenated alkanes) is 2. The van der Waals surface area contributed by atoms with Crippen LogP contribution in [0, 0.1) is 6.92 Å². The third-order valence-corrected chi connectivity index (χ3v) is 3.17. The molecule has 0 aliphatic heterocycles. The molecule has 17 heavy (non-hydrogen) atoms. The molecule has 0 bridgehead atoms. The first kappa shape index (κ1) is 12.2. The summed E-state index contributed by atoms with van der Waals surface area (Å²) in [5, 5.41) is 11.1. The molecule has 0 amide bonds. The van der Waals surface area contributed by atoms with E-state index in [9.17, 15) is 5.11 Å². The van der Waals surface area contributed by atoms with Gasteiger partial charge in [-0.1, -0.05) is 44.4 Å².